The third-order valence-corrected chi connectivity index (χ3v) is 23.5. The average Bonchev–Trinajstić information content (AvgIpc) is 2.70. The van der Waals surface area contributed by atoms with Gasteiger partial charge in [-0.15, -0.1) is 0 Å². The van der Waals surface area contributed by atoms with Crippen LogP contribution in [0.5, 0.6) is 0 Å². The molecule has 0 aromatic carbocycles. The Labute approximate surface area is 244 Å². The van der Waals surface area contributed by atoms with Crippen molar-refractivity contribution in [3.05, 3.63) is 12.3 Å². The van der Waals surface area contributed by atoms with Gasteiger partial charge in [-0.1, -0.05) is 62.3 Å². The molecule has 1 saturated heterocycles. The lowest BCUT2D eigenvalue weighted by molar-refractivity contribution is -0.272. The minimum absolute atomic E-state index is 0.0883. The van der Waals surface area contributed by atoms with Crippen LogP contribution in [0.1, 0.15) is 82.6 Å². The summed E-state index contributed by atoms with van der Waals surface area (Å²) in [7, 11) is -6.16. The molecular formula is C30H62O6Si3. The first-order valence-corrected chi connectivity index (χ1v) is 23.7. The molecule has 0 aliphatic carbocycles. The number of hydrogen-bond donors (Lipinski definition) is 0. The standard InChI is InChI=1S/C30H62O6Si3/c1-21-26(23(18-19-31-21)34-37(12,13)28(3,4)5)33-25-20-24(35-38(14,15)29(6,7)8)27(22(2)32-25)36-39(16,17)30(9,10)11/h18-19,21-27H,20H2,1-17H3/t21-,22-,23-,24-,25-,26+,27+/m0/s1. The fourth-order valence-corrected chi connectivity index (χ4v) is 8.10. The maximum Gasteiger partial charge on any atom is 0.193 e. The van der Waals surface area contributed by atoms with Crippen LogP contribution in [-0.4, -0.2) is 67.9 Å². The second-order valence-electron chi connectivity index (χ2n) is 16.4. The van der Waals surface area contributed by atoms with Gasteiger partial charge >= 0.3 is 0 Å². The predicted molar refractivity (Wildman–Crippen MR) is 170 cm³/mol. The molecule has 2 rings (SSSR count). The first kappa shape index (κ1) is 35.2. The van der Waals surface area contributed by atoms with Crippen molar-refractivity contribution < 1.29 is 27.5 Å². The molecule has 9 heteroatoms. The van der Waals surface area contributed by atoms with E-state index in [-0.39, 0.29) is 51.7 Å². The van der Waals surface area contributed by atoms with Crippen LogP contribution in [0.15, 0.2) is 12.3 Å². The fourth-order valence-electron chi connectivity index (χ4n) is 4.13. The Morgan fingerprint density at radius 1 is 0.641 bits per heavy atom. The molecule has 0 N–H and O–H groups in total. The molecule has 230 valence electrons. The Morgan fingerprint density at radius 3 is 1.59 bits per heavy atom. The molecule has 2 aliphatic heterocycles. The summed E-state index contributed by atoms with van der Waals surface area (Å²) in [5.74, 6) is 0. The van der Waals surface area contributed by atoms with Crippen molar-refractivity contribution in [3.63, 3.8) is 0 Å². The van der Waals surface area contributed by atoms with E-state index >= 15 is 0 Å². The predicted octanol–water partition coefficient (Wildman–Crippen LogP) is 8.61. The number of hydrogen-bond acceptors (Lipinski definition) is 6. The molecule has 2 heterocycles. The van der Waals surface area contributed by atoms with Gasteiger partial charge in [-0.2, -0.15) is 0 Å². The molecule has 0 aromatic heterocycles. The molecule has 2 aliphatic rings. The molecule has 39 heavy (non-hydrogen) atoms. The van der Waals surface area contributed by atoms with Crippen LogP contribution in [0.2, 0.25) is 54.4 Å². The van der Waals surface area contributed by atoms with Crippen molar-refractivity contribution in [1.82, 2.24) is 0 Å². The minimum Gasteiger partial charge on any atom is -0.496 e. The van der Waals surface area contributed by atoms with Gasteiger partial charge in [0.2, 0.25) is 0 Å². The lowest BCUT2D eigenvalue weighted by Crippen LogP contribution is -2.60. The average molecular weight is 603 g/mol. The number of ether oxygens (including phenoxy) is 3. The van der Waals surface area contributed by atoms with Gasteiger partial charge in [0, 0.05) is 6.42 Å². The van der Waals surface area contributed by atoms with Crippen LogP contribution in [-0.2, 0) is 27.5 Å². The Hall–Kier alpha value is -0.00935. The quantitative estimate of drug-likeness (QED) is 0.259. The van der Waals surface area contributed by atoms with E-state index in [4.69, 9.17) is 27.5 Å². The second kappa shape index (κ2) is 11.9. The van der Waals surface area contributed by atoms with E-state index in [1.807, 2.05) is 6.08 Å². The summed E-state index contributed by atoms with van der Waals surface area (Å²) in [4.78, 5) is 0. The van der Waals surface area contributed by atoms with Crippen molar-refractivity contribution in [2.24, 2.45) is 0 Å². The van der Waals surface area contributed by atoms with Gasteiger partial charge in [-0.3, -0.25) is 0 Å². The monoisotopic (exact) mass is 602 g/mol. The molecule has 0 aromatic rings. The molecule has 0 saturated carbocycles. The van der Waals surface area contributed by atoms with E-state index in [9.17, 15) is 0 Å². The zero-order chi connectivity index (χ0) is 30.4. The van der Waals surface area contributed by atoms with Gasteiger partial charge < -0.3 is 27.5 Å². The van der Waals surface area contributed by atoms with Gasteiger partial charge in [0.25, 0.3) is 0 Å². The summed E-state index contributed by atoms with van der Waals surface area (Å²) in [5, 5.41) is 0.279. The highest BCUT2D eigenvalue weighted by Crippen LogP contribution is 2.44. The molecule has 0 spiro atoms. The van der Waals surface area contributed by atoms with E-state index in [0.29, 0.717) is 6.42 Å². The summed E-state index contributed by atoms with van der Waals surface area (Å²) in [6.45, 7) is 38.5. The number of rotatable bonds is 8. The zero-order valence-corrected chi connectivity index (χ0v) is 31.4. The molecule has 0 amide bonds. The fraction of sp³-hybridized carbons (Fsp3) is 0.933. The van der Waals surface area contributed by atoms with Gasteiger partial charge in [-0.05, 0) is 74.3 Å². The van der Waals surface area contributed by atoms with Crippen LogP contribution in [0.25, 0.3) is 0 Å². The van der Waals surface area contributed by atoms with Crippen molar-refractivity contribution in [2.45, 2.75) is 180 Å². The summed E-state index contributed by atoms with van der Waals surface area (Å²) >= 11 is 0. The molecule has 0 unspecified atom stereocenters. The molecule has 0 bridgehead atoms. The lowest BCUT2D eigenvalue weighted by atomic mass is 10.0. The van der Waals surface area contributed by atoms with Crippen LogP contribution in [0, 0.1) is 0 Å². The van der Waals surface area contributed by atoms with Crippen LogP contribution in [0.3, 0.4) is 0 Å². The minimum atomic E-state index is -2.08. The van der Waals surface area contributed by atoms with E-state index in [1.54, 1.807) is 6.26 Å². The van der Waals surface area contributed by atoms with E-state index in [2.05, 4.69) is 115 Å². The highest BCUT2D eigenvalue weighted by molar-refractivity contribution is 6.75. The van der Waals surface area contributed by atoms with Gasteiger partial charge in [0.1, 0.15) is 12.2 Å². The third kappa shape index (κ3) is 8.52. The normalized spacial score (nSPS) is 31.8. The van der Waals surface area contributed by atoms with Gasteiger partial charge in [-0.25, -0.2) is 0 Å². The van der Waals surface area contributed by atoms with Crippen molar-refractivity contribution >= 4 is 25.0 Å². The zero-order valence-electron chi connectivity index (χ0n) is 28.4. The smallest absolute Gasteiger partial charge is 0.193 e. The summed E-state index contributed by atoms with van der Waals surface area (Å²) in [6.07, 6.45) is 2.94. The molecular weight excluding hydrogens is 541 g/mol. The van der Waals surface area contributed by atoms with E-state index < -0.39 is 31.2 Å². The van der Waals surface area contributed by atoms with E-state index in [1.165, 1.54) is 0 Å². The summed E-state index contributed by atoms with van der Waals surface area (Å²) in [5.41, 5.74) is 0. The Balaban J connectivity index is 2.34. The molecule has 0 radical (unpaired) electrons. The largest absolute Gasteiger partial charge is 0.496 e. The van der Waals surface area contributed by atoms with Crippen molar-refractivity contribution in [2.75, 3.05) is 0 Å². The maximum atomic E-state index is 7.09. The maximum absolute atomic E-state index is 7.09. The highest BCUT2D eigenvalue weighted by Gasteiger charge is 2.50. The van der Waals surface area contributed by atoms with Crippen LogP contribution >= 0.6 is 0 Å². The molecule has 7 atom stereocenters. The first-order valence-electron chi connectivity index (χ1n) is 15.0. The topological polar surface area (TPSA) is 55.4 Å². The molecule has 1 fully saturated rings. The second-order valence-corrected chi connectivity index (χ2v) is 30.6. The Morgan fingerprint density at radius 2 is 1.10 bits per heavy atom. The third-order valence-electron chi connectivity index (χ3n) is 10.0. The molecule has 6 nitrogen and oxygen atoms in total. The Kier molecular flexibility index (Phi) is 10.8. The van der Waals surface area contributed by atoms with Crippen molar-refractivity contribution in [1.29, 1.82) is 0 Å². The van der Waals surface area contributed by atoms with E-state index in [0.717, 1.165) is 0 Å². The highest BCUT2D eigenvalue weighted by atomic mass is 28.4. The lowest BCUT2D eigenvalue weighted by Gasteiger charge is -2.50. The first-order chi connectivity index (χ1) is 17.3. The van der Waals surface area contributed by atoms with Gasteiger partial charge in [0.15, 0.2) is 31.2 Å². The Bertz CT molecular complexity index is 837. The van der Waals surface area contributed by atoms with Crippen LogP contribution < -0.4 is 0 Å². The van der Waals surface area contributed by atoms with Crippen molar-refractivity contribution in [3.8, 4) is 0 Å². The summed E-state index contributed by atoms with van der Waals surface area (Å²) in [6, 6.07) is 0. The van der Waals surface area contributed by atoms with Crippen LogP contribution in [0.4, 0.5) is 0 Å². The summed E-state index contributed by atoms with van der Waals surface area (Å²) < 4.78 is 40.1. The SMILES string of the molecule is C[C@@H]1OC=C[C@H](O[Si](C)(C)C(C)(C)C)[C@@H]1O[C@H]1C[C@H](O[Si](C)(C)C(C)(C)C)[C@H](O[Si](C)(C)C(C)(C)C)[C@H](C)O1. The van der Waals surface area contributed by atoms with Gasteiger partial charge in [0.05, 0.1) is 30.7 Å².